The Labute approximate surface area is 174 Å². The number of aliphatic hydroxyl groups is 1. The predicted octanol–water partition coefficient (Wildman–Crippen LogP) is 2.07. The molecule has 0 bridgehead atoms. The molecule has 1 atom stereocenters. The maximum absolute atomic E-state index is 11.0. The maximum atomic E-state index is 11.0. The number of unbranched alkanes of at least 4 members (excludes halogenated alkanes) is 3. The van der Waals surface area contributed by atoms with Crippen LogP contribution in [-0.4, -0.2) is 63.6 Å². The number of nitrogens with zero attached hydrogens (tertiary/aromatic N) is 1. The molecule has 1 saturated heterocycles. The molecule has 1 aliphatic rings. The molecule has 1 unspecified atom stereocenters. The van der Waals surface area contributed by atoms with E-state index in [9.17, 15) is 9.90 Å². The zero-order valence-electron chi connectivity index (χ0n) is 16.2. The lowest BCUT2D eigenvalue weighted by Crippen LogP contribution is -2.39. The molecule has 0 aromatic carbocycles. The standard InChI is InChI=1S/C18H35N3O4.HI/c1-3-19-17(20-11-7-5-4-6-8-16(23)24-2)21-14-18(9-12-22)10-13-25-15-18;/h22H,3-15H2,1-2H3,(H2,19,20,21);1H. The summed E-state index contributed by atoms with van der Waals surface area (Å²) >= 11 is 0. The van der Waals surface area contributed by atoms with E-state index in [1.54, 1.807) is 0 Å². The van der Waals surface area contributed by atoms with Crippen molar-refractivity contribution in [3.8, 4) is 0 Å². The Hall–Kier alpha value is -0.610. The molecule has 1 fully saturated rings. The molecule has 8 heteroatoms. The summed E-state index contributed by atoms with van der Waals surface area (Å²) in [4.78, 5) is 15.7. The van der Waals surface area contributed by atoms with Gasteiger partial charge in [0, 0.05) is 38.1 Å². The van der Waals surface area contributed by atoms with Crippen molar-refractivity contribution in [2.24, 2.45) is 10.4 Å². The average molecular weight is 485 g/mol. The molecule has 0 amide bonds. The van der Waals surface area contributed by atoms with Crippen molar-refractivity contribution in [1.82, 2.24) is 10.6 Å². The Morgan fingerprint density at radius 1 is 1.27 bits per heavy atom. The van der Waals surface area contributed by atoms with E-state index in [4.69, 9.17) is 9.73 Å². The Morgan fingerprint density at radius 3 is 2.65 bits per heavy atom. The van der Waals surface area contributed by atoms with Gasteiger partial charge in [0.25, 0.3) is 0 Å². The molecule has 1 aliphatic heterocycles. The third-order valence-corrected chi connectivity index (χ3v) is 4.57. The van der Waals surface area contributed by atoms with Gasteiger partial charge >= 0.3 is 5.97 Å². The minimum absolute atomic E-state index is 0. The van der Waals surface area contributed by atoms with Crippen LogP contribution in [-0.2, 0) is 14.3 Å². The van der Waals surface area contributed by atoms with Crippen molar-refractivity contribution in [3.63, 3.8) is 0 Å². The van der Waals surface area contributed by atoms with Crippen molar-refractivity contribution in [2.75, 3.05) is 46.6 Å². The normalized spacial score (nSPS) is 19.7. The van der Waals surface area contributed by atoms with Crippen molar-refractivity contribution in [3.05, 3.63) is 0 Å². The molecule has 154 valence electrons. The van der Waals surface area contributed by atoms with Crippen LogP contribution in [0.2, 0.25) is 0 Å². The Morgan fingerprint density at radius 2 is 2.04 bits per heavy atom. The van der Waals surface area contributed by atoms with Gasteiger partial charge in [-0.3, -0.25) is 9.79 Å². The maximum Gasteiger partial charge on any atom is 0.305 e. The number of hydrogen-bond donors (Lipinski definition) is 3. The Bertz CT molecular complexity index is 402. The summed E-state index contributed by atoms with van der Waals surface area (Å²) in [6, 6.07) is 0. The fraction of sp³-hybridized carbons (Fsp3) is 0.889. The zero-order chi connectivity index (χ0) is 18.4. The number of ether oxygens (including phenoxy) is 2. The van der Waals surface area contributed by atoms with Crippen molar-refractivity contribution in [1.29, 1.82) is 0 Å². The first-order valence-corrected chi connectivity index (χ1v) is 9.43. The van der Waals surface area contributed by atoms with Crippen LogP contribution in [0.15, 0.2) is 4.99 Å². The lowest BCUT2D eigenvalue weighted by atomic mass is 9.84. The number of guanidine groups is 1. The number of methoxy groups -OCH3 is 1. The quantitative estimate of drug-likeness (QED) is 0.129. The smallest absolute Gasteiger partial charge is 0.305 e. The molecule has 1 heterocycles. The van der Waals surface area contributed by atoms with E-state index in [2.05, 4.69) is 15.4 Å². The van der Waals surface area contributed by atoms with Crippen molar-refractivity contribution >= 4 is 35.9 Å². The third-order valence-electron chi connectivity index (χ3n) is 4.57. The fourth-order valence-electron chi connectivity index (χ4n) is 2.93. The summed E-state index contributed by atoms with van der Waals surface area (Å²) in [5.41, 5.74) is -0.0228. The first kappa shape index (κ1) is 25.4. The number of esters is 1. The van der Waals surface area contributed by atoms with Crippen LogP contribution in [0.1, 0.15) is 51.9 Å². The van der Waals surface area contributed by atoms with E-state index in [1.165, 1.54) is 7.11 Å². The molecule has 0 aliphatic carbocycles. The van der Waals surface area contributed by atoms with E-state index in [0.717, 1.165) is 64.2 Å². The van der Waals surface area contributed by atoms with E-state index in [1.807, 2.05) is 6.92 Å². The summed E-state index contributed by atoms with van der Waals surface area (Å²) in [6.07, 6.45) is 6.21. The molecule has 0 aromatic heterocycles. The molecule has 0 saturated carbocycles. The zero-order valence-corrected chi connectivity index (χ0v) is 18.6. The predicted molar refractivity (Wildman–Crippen MR) is 114 cm³/mol. The summed E-state index contributed by atoms with van der Waals surface area (Å²) in [6.45, 7) is 5.99. The van der Waals surface area contributed by atoms with Gasteiger partial charge in [-0.25, -0.2) is 0 Å². The van der Waals surface area contributed by atoms with Gasteiger partial charge in [0.1, 0.15) is 0 Å². The summed E-state index contributed by atoms with van der Waals surface area (Å²) in [7, 11) is 1.43. The number of halogens is 1. The highest BCUT2D eigenvalue weighted by atomic mass is 127. The van der Waals surface area contributed by atoms with Crippen LogP contribution < -0.4 is 10.6 Å². The lowest BCUT2D eigenvalue weighted by Gasteiger charge is -2.24. The molecule has 7 nitrogen and oxygen atoms in total. The Balaban J connectivity index is 0.00000625. The first-order chi connectivity index (χ1) is 12.2. The summed E-state index contributed by atoms with van der Waals surface area (Å²) < 4.78 is 10.1. The van der Waals surface area contributed by atoms with Crippen LogP contribution >= 0.6 is 24.0 Å². The van der Waals surface area contributed by atoms with E-state index in [-0.39, 0.29) is 42.0 Å². The molecular weight excluding hydrogens is 449 g/mol. The molecular formula is C18H36IN3O4. The average Bonchev–Trinajstić information content (AvgIpc) is 3.07. The lowest BCUT2D eigenvalue weighted by molar-refractivity contribution is -0.140. The summed E-state index contributed by atoms with van der Waals surface area (Å²) in [5, 5.41) is 15.9. The molecule has 26 heavy (non-hydrogen) atoms. The largest absolute Gasteiger partial charge is 0.469 e. The number of carbonyl (C=O) groups excluding carboxylic acids is 1. The summed E-state index contributed by atoms with van der Waals surface area (Å²) in [5.74, 6) is 0.689. The number of hydrogen-bond acceptors (Lipinski definition) is 5. The highest BCUT2D eigenvalue weighted by molar-refractivity contribution is 14.0. The van der Waals surface area contributed by atoms with Crippen LogP contribution in [0.5, 0.6) is 0 Å². The monoisotopic (exact) mass is 485 g/mol. The Kier molecular flexibility index (Phi) is 15.1. The first-order valence-electron chi connectivity index (χ1n) is 9.43. The van der Waals surface area contributed by atoms with E-state index >= 15 is 0 Å². The second kappa shape index (κ2) is 15.4. The molecule has 0 spiro atoms. The number of aliphatic imine (C=N–C) groups is 1. The van der Waals surface area contributed by atoms with Crippen LogP contribution in [0.25, 0.3) is 0 Å². The van der Waals surface area contributed by atoms with Crippen molar-refractivity contribution in [2.45, 2.75) is 51.9 Å². The second-order valence-corrected chi connectivity index (χ2v) is 6.64. The highest BCUT2D eigenvalue weighted by Crippen LogP contribution is 2.32. The van der Waals surface area contributed by atoms with Gasteiger partial charge in [-0.1, -0.05) is 12.8 Å². The van der Waals surface area contributed by atoms with Gasteiger partial charge in [0.15, 0.2) is 5.96 Å². The van der Waals surface area contributed by atoms with Crippen LogP contribution in [0, 0.1) is 5.41 Å². The van der Waals surface area contributed by atoms with Gasteiger partial charge < -0.3 is 25.2 Å². The topological polar surface area (TPSA) is 92.2 Å². The molecule has 0 aromatic rings. The molecule has 3 N–H and O–H groups in total. The molecule has 1 rings (SSSR count). The van der Waals surface area contributed by atoms with Gasteiger partial charge in [-0.15, -0.1) is 24.0 Å². The molecule has 0 radical (unpaired) electrons. The number of carbonyl (C=O) groups is 1. The SMILES string of the molecule is CCNC(=NCC1(CCO)CCOC1)NCCCCCCC(=O)OC.I. The van der Waals surface area contributed by atoms with Gasteiger partial charge in [0.05, 0.1) is 20.3 Å². The number of nitrogens with one attached hydrogen (secondary N) is 2. The van der Waals surface area contributed by atoms with Crippen molar-refractivity contribution < 1.29 is 19.4 Å². The highest BCUT2D eigenvalue weighted by Gasteiger charge is 2.34. The van der Waals surface area contributed by atoms with Gasteiger partial charge in [-0.05, 0) is 32.6 Å². The third kappa shape index (κ3) is 10.5. The van der Waals surface area contributed by atoms with E-state index in [0.29, 0.717) is 19.6 Å². The van der Waals surface area contributed by atoms with Crippen LogP contribution in [0.3, 0.4) is 0 Å². The minimum Gasteiger partial charge on any atom is -0.469 e. The number of aliphatic hydroxyl groups excluding tert-OH is 1. The fourth-order valence-corrected chi connectivity index (χ4v) is 2.93. The van der Waals surface area contributed by atoms with Gasteiger partial charge in [-0.2, -0.15) is 0 Å². The number of rotatable bonds is 12. The van der Waals surface area contributed by atoms with Crippen LogP contribution in [0.4, 0.5) is 0 Å². The minimum atomic E-state index is -0.132. The van der Waals surface area contributed by atoms with Gasteiger partial charge in [0.2, 0.25) is 0 Å². The second-order valence-electron chi connectivity index (χ2n) is 6.64. The van der Waals surface area contributed by atoms with E-state index < -0.39 is 0 Å².